The molecule has 3 N–H and O–H groups in total. The minimum absolute atomic E-state index is 0.499. The highest BCUT2D eigenvalue weighted by Crippen LogP contribution is 2.19. The average molecular weight is 309 g/mol. The largest absolute Gasteiger partial charge is 0.497 e. The van der Waals surface area contributed by atoms with E-state index in [2.05, 4.69) is 4.40 Å². The minimum atomic E-state index is -2.80. The maximum absolute atomic E-state index is 9.50. The van der Waals surface area contributed by atoms with E-state index in [0.29, 0.717) is 21.8 Å². The van der Waals surface area contributed by atoms with Crippen molar-refractivity contribution in [2.45, 2.75) is 18.7 Å². The molecule has 6 nitrogen and oxygen atoms in total. The molecular weight excluding hydrogens is 289 g/mol. The molecule has 0 aliphatic rings. The SMILES string of the molecule is COB(O)/C(C)=C/C(C)=NS(=N)(=N)c1ccc(OC)cc1. The first kappa shape index (κ1) is 17.4. The van der Waals surface area contributed by atoms with Gasteiger partial charge in [0, 0.05) is 17.7 Å². The maximum atomic E-state index is 9.50. The summed E-state index contributed by atoms with van der Waals surface area (Å²) in [6.45, 7) is 3.39. The van der Waals surface area contributed by atoms with Crippen molar-refractivity contribution in [2.75, 3.05) is 14.2 Å². The third-order valence-corrected chi connectivity index (χ3v) is 4.25. The van der Waals surface area contributed by atoms with Crippen LogP contribution in [0.25, 0.3) is 0 Å². The van der Waals surface area contributed by atoms with Gasteiger partial charge in [0.1, 0.15) is 5.75 Å². The summed E-state index contributed by atoms with van der Waals surface area (Å²) in [4.78, 5) is 0.515. The molecule has 0 heterocycles. The normalized spacial score (nSPS) is 13.2. The zero-order valence-corrected chi connectivity index (χ0v) is 13.4. The van der Waals surface area contributed by atoms with Crippen molar-refractivity contribution in [3.8, 4) is 5.75 Å². The Labute approximate surface area is 126 Å². The van der Waals surface area contributed by atoms with E-state index >= 15 is 0 Å². The summed E-state index contributed by atoms with van der Waals surface area (Å²) in [6.07, 6.45) is 1.61. The van der Waals surface area contributed by atoms with Crippen LogP contribution in [-0.4, -0.2) is 32.1 Å². The first-order valence-electron chi connectivity index (χ1n) is 6.22. The summed E-state index contributed by atoms with van der Waals surface area (Å²) in [5.74, 6) is 0.675. The molecule has 0 atom stereocenters. The Morgan fingerprint density at radius 3 is 2.29 bits per heavy atom. The summed E-state index contributed by atoms with van der Waals surface area (Å²) in [7, 11) is -0.838. The molecule has 0 radical (unpaired) electrons. The van der Waals surface area contributed by atoms with Crippen LogP contribution in [0.1, 0.15) is 13.8 Å². The Bertz CT molecular complexity index is 639. The monoisotopic (exact) mass is 309 g/mol. The number of allylic oxidation sites excluding steroid dienone is 2. The lowest BCUT2D eigenvalue weighted by molar-refractivity contribution is 0.336. The van der Waals surface area contributed by atoms with Gasteiger partial charge in [0.2, 0.25) is 0 Å². The predicted octanol–water partition coefficient (Wildman–Crippen LogP) is 2.72. The first-order chi connectivity index (χ1) is 9.80. The van der Waals surface area contributed by atoms with Crippen LogP contribution in [0.15, 0.2) is 45.1 Å². The molecule has 0 spiro atoms. The summed E-state index contributed by atoms with van der Waals surface area (Å²) in [6, 6.07) is 6.76. The molecule has 0 bridgehead atoms. The molecule has 0 amide bonds. The lowest BCUT2D eigenvalue weighted by atomic mass is 9.79. The molecule has 21 heavy (non-hydrogen) atoms. The summed E-state index contributed by atoms with van der Waals surface area (Å²) in [5.41, 5.74) is 1.07. The molecule has 0 saturated carbocycles. The van der Waals surface area contributed by atoms with Gasteiger partial charge in [-0.15, -0.1) is 0 Å². The fourth-order valence-corrected chi connectivity index (χ4v) is 2.77. The van der Waals surface area contributed by atoms with E-state index in [4.69, 9.17) is 19.0 Å². The third kappa shape index (κ3) is 5.00. The van der Waals surface area contributed by atoms with Gasteiger partial charge in [0.25, 0.3) is 0 Å². The number of hydrogen-bond donors (Lipinski definition) is 3. The van der Waals surface area contributed by atoms with Crippen LogP contribution in [0, 0.1) is 9.56 Å². The maximum Gasteiger partial charge on any atom is 0.486 e. The van der Waals surface area contributed by atoms with E-state index in [0.717, 1.165) is 0 Å². The lowest BCUT2D eigenvalue weighted by Crippen LogP contribution is -2.18. The van der Waals surface area contributed by atoms with Crippen molar-refractivity contribution in [1.29, 1.82) is 9.56 Å². The molecule has 0 aromatic heterocycles. The van der Waals surface area contributed by atoms with Gasteiger partial charge in [0.05, 0.1) is 16.9 Å². The van der Waals surface area contributed by atoms with Crippen LogP contribution >= 0.6 is 0 Å². The number of benzene rings is 1. The zero-order valence-electron chi connectivity index (χ0n) is 12.6. The van der Waals surface area contributed by atoms with Crippen molar-refractivity contribution in [3.05, 3.63) is 35.8 Å². The second kappa shape index (κ2) is 7.40. The van der Waals surface area contributed by atoms with Crippen LogP contribution in [-0.2, 0) is 14.5 Å². The van der Waals surface area contributed by atoms with Crippen LogP contribution in [0.3, 0.4) is 0 Å². The van der Waals surface area contributed by atoms with Gasteiger partial charge in [-0.05, 0) is 49.7 Å². The fourth-order valence-electron chi connectivity index (χ4n) is 1.65. The van der Waals surface area contributed by atoms with Gasteiger partial charge in [-0.2, -0.15) is 4.40 Å². The van der Waals surface area contributed by atoms with Crippen LogP contribution < -0.4 is 4.74 Å². The average Bonchev–Trinajstić information content (AvgIpc) is 2.45. The fraction of sp³-hybridized carbons (Fsp3) is 0.308. The molecule has 0 fully saturated rings. The number of methoxy groups -OCH3 is 1. The van der Waals surface area contributed by atoms with E-state index in [9.17, 15) is 5.02 Å². The minimum Gasteiger partial charge on any atom is -0.497 e. The second-order valence-electron chi connectivity index (χ2n) is 4.46. The highest BCUT2D eigenvalue weighted by Gasteiger charge is 2.13. The standard InChI is InChI=1S/C13H20BN3O3S/c1-10(14(18)20-4)9-11(2)17-21(15,16)13-7-5-12(19-3)6-8-13/h5-9,15-16,18H,1-4H3/b10-9+,17-11?. The van der Waals surface area contributed by atoms with Crippen molar-refractivity contribution in [1.82, 2.24) is 0 Å². The van der Waals surface area contributed by atoms with Crippen molar-refractivity contribution in [3.63, 3.8) is 0 Å². The molecule has 1 aromatic rings. The van der Waals surface area contributed by atoms with E-state index in [1.54, 1.807) is 51.3 Å². The smallest absolute Gasteiger partial charge is 0.486 e. The number of ether oxygens (including phenoxy) is 1. The van der Waals surface area contributed by atoms with E-state index in [1.807, 2.05) is 0 Å². The Morgan fingerprint density at radius 2 is 1.81 bits per heavy atom. The second-order valence-corrected chi connectivity index (χ2v) is 6.28. The summed E-state index contributed by atoms with van der Waals surface area (Å²) >= 11 is 0. The topological polar surface area (TPSA) is 98.8 Å². The zero-order chi connectivity index (χ0) is 16.0. The molecule has 0 unspecified atom stereocenters. The van der Waals surface area contributed by atoms with E-state index < -0.39 is 16.9 Å². The first-order valence-corrected chi connectivity index (χ1v) is 7.81. The lowest BCUT2D eigenvalue weighted by Gasteiger charge is -2.08. The highest BCUT2D eigenvalue weighted by atomic mass is 32.2. The van der Waals surface area contributed by atoms with E-state index in [1.165, 1.54) is 7.11 Å². The predicted molar refractivity (Wildman–Crippen MR) is 85.9 cm³/mol. The molecule has 0 aliphatic carbocycles. The van der Waals surface area contributed by atoms with Crippen LogP contribution in [0.4, 0.5) is 0 Å². The van der Waals surface area contributed by atoms with Gasteiger partial charge >= 0.3 is 7.12 Å². The Hall–Kier alpha value is -1.64. The van der Waals surface area contributed by atoms with Crippen LogP contribution in [0.2, 0.25) is 0 Å². The Kier molecular flexibility index (Phi) is 6.13. The Balaban J connectivity index is 3.04. The van der Waals surface area contributed by atoms with Gasteiger partial charge in [-0.1, -0.05) is 0 Å². The van der Waals surface area contributed by atoms with Gasteiger partial charge in [-0.3, -0.25) is 0 Å². The molecule has 114 valence electrons. The van der Waals surface area contributed by atoms with Crippen LogP contribution in [0.5, 0.6) is 5.75 Å². The van der Waals surface area contributed by atoms with Crippen molar-refractivity contribution in [2.24, 2.45) is 4.40 Å². The molecule has 1 rings (SSSR count). The quantitative estimate of drug-likeness (QED) is 0.556. The number of nitrogens with zero attached hydrogens (tertiary/aromatic N) is 1. The summed E-state index contributed by atoms with van der Waals surface area (Å²) in [5, 5.41) is 9.50. The molecule has 0 aliphatic heterocycles. The highest BCUT2D eigenvalue weighted by molar-refractivity contribution is 7.92. The Morgan fingerprint density at radius 1 is 1.24 bits per heavy atom. The molecule has 1 aromatic carbocycles. The van der Waals surface area contributed by atoms with Gasteiger partial charge in [-0.25, -0.2) is 9.56 Å². The molecule has 8 heteroatoms. The van der Waals surface area contributed by atoms with Gasteiger partial charge in [0.15, 0.2) is 0 Å². The van der Waals surface area contributed by atoms with Crippen molar-refractivity contribution < 1.29 is 14.4 Å². The van der Waals surface area contributed by atoms with Gasteiger partial charge < -0.3 is 14.4 Å². The molecule has 0 saturated heterocycles. The number of rotatable bonds is 6. The summed E-state index contributed by atoms with van der Waals surface area (Å²) < 4.78 is 30.2. The van der Waals surface area contributed by atoms with Crippen molar-refractivity contribution >= 4 is 22.6 Å². The third-order valence-electron chi connectivity index (χ3n) is 2.73. The molecular formula is C13H20BN3O3S. The number of hydrogen-bond acceptors (Lipinski definition) is 5. The number of nitrogens with one attached hydrogen (secondary N) is 2. The van der Waals surface area contributed by atoms with E-state index in [-0.39, 0.29) is 0 Å².